The minimum absolute atomic E-state index is 0.0939. The van der Waals surface area contributed by atoms with E-state index in [0.29, 0.717) is 0 Å². The molecule has 0 aliphatic carbocycles. The van der Waals surface area contributed by atoms with E-state index in [1.54, 1.807) is 18.0 Å². The summed E-state index contributed by atoms with van der Waals surface area (Å²) >= 11 is 1.68. The van der Waals surface area contributed by atoms with Gasteiger partial charge in [0, 0.05) is 23.5 Å². The third-order valence-electron chi connectivity index (χ3n) is 3.52. The zero-order valence-corrected chi connectivity index (χ0v) is 11.1. The highest BCUT2D eigenvalue weighted by molar-refractivity contribution is 7.97. The maximum atomic E-state index is 11.7. The van der Waals surface area contributed by atoms with E-state index in [0.717, 1.165) is 34.0 Å². The second-order valence-electron chi connectivity index (χ2n) is 4.59. The fourth-order valence-corrected chi connectivity index (χ4v) is 3.59. The maximum absolute atomic E-state index is 11.7. The molecule has 0 atom stereocenters. The summed E-state index contributed by atoms with van der Waals surface area (Å²) in [5.41, 5.74) is 4.05. The first-order valence-corrected chi connectivity index (χ1v) is 7.02. The van der Waals surface area contributed by atoms with Crippen LogP contribution in [0.1, 0.15) is 11.3 Å². The van der Waals surface area contributed by atoms with E-state index in [2.05, 4.69) is 15.0 Å². The van der Waals surface area contributed by atoms with Crippen molar-refractivity contribution < 1.29 is 0 Å². The zero-order valence-electron chi connectivity index (χ0n) is 10.3. The van der Waals surface area contributed by atoms with Crippen molar-refractivity contribution in [3.63, 3.8) is 0 Å². The van der Waals surface area contributed by atoms with Crippen LogP contribution in [0.25, 0.3) is 17.0 Å². The summed E-state index contributed by atoms with van der Waals surface area (Å²) in [7, 11) is 0. The average molecular weight is 269 g/mol. The molecule has 0 saturated heterocycles. The average Bonchev–Trinajstić information content (AvgIpc) is 2.81. The molecular weight excluding hydrogens is 258 g/mol. The van der Waals surface area contributed by atoms with E-state index in [4.69, 9.17) is 0 Å². The van der Waals surface area contributed by atoms with Gasteiger partial charge in [0.2, 0.25) is 5.95 Å². The van der Waals surface area contributed by atoms with Crippen molar-refractivity contribution in [3.05, 3.63) is 58.0 Å². The van der Waals surface area contributed by atoms with Gasteiger partial charge in [0.05, 0.1) is 16.8 Å². The lowest BCUT2D eigenvalue weighted by Crippen LogP contribution is -2.19. The van der Waals surface area contributed by atoms with Crippen molar-refractivity contribution in [3.8, 4) is 5.95 Å². The largest absolute Gasteiger partial charge is 0.290 e. The minimum Gasteiger partial charge on any atom is -0.290 e. The number of fused-ring (bicyclic) bond motifs is 5. The van der Waals surface area contributed by atoms with Gasteiger partial charge >= 0.3 is 0 Å². The van der Waals surface area contributed by atoms with Crippen molar-refractivity contribution in [1.29, 1.82) is 0 Å². The molecule has 2 aromatic heterocycles. The predicted octanol–water partition coefficient (Wildman–Crippen LogP) is 2.51. The second kappa shape index (κ2) is 3.74. The number of para-hydroxylation sites is 2. The summed E-state index contributed by atoms with van der Waals surface area (Å²) < 4.78 is 4.15. The van der Waals surface area contributed by atoms with Crippen LogP contribution >= 0.6 is 11.9 Å². The Bertz CT molecular complexity index is 863. The van der Waals surface area contributed by atoms with Crippen LogP contribution in [0.2, 0.25) is 0 Å². The number of pyridine rings is 1. The molecule has 4 rings (SSSR count). The van der Waals surface area contributed by atoms with Gasteiger partial charge in [0.1, 0.15) is 0 Å². The molecular formula is C14H11N3OS. The van der Waals surface area contributed by atoms with Crippen molar-refractivity contribution in [2.45, 2.75) is 12.7 Å². The Balaban J connectivity index is 2.10. The molecule has 5 heteroatoms. The molecule has 1 aliphatic rings. The zero-order chi connectivity index (χ0) is 13.0. The molecule has 0 fully saturated rings. The van der Waals surface area contributed by atoms with E-state index in [1.807, 2.05) is 35.9 Å². The van der Waals surface area contributed by atoms with Crippen molar-refractivity contribution in [1.82, 2.24) is 13.5 Å². The molecule has 1 aliphatic heterocycles. The number of benzene rings is 1. The van der Waals surface area contributed by atoms with E-state index >= 15 is 0 Å². The van der Waals surface area contributed by atoms with Crippen LogP contribution in [0.5, 0.6) is 0 Å². The van der Waals surface area contributed by atoms with E-state index in [9.17, 15) is 4.79 Å². The molecule has 0 spiro atoms. The topological polar surface area (TPSA) is 39.8 Å². The van der Waals surface area contributed by atoms with Crippen LogP contribution in [0.4, 0.5) is 0 Å². The number of nitrogens with zero attached hydrogens (tertiary/aromatic N) is 3. The smallest absolute Gasteiger partial charge is 0.225 e. The Labute approximate surface area is 113 Å². The standard InChI is InChI=1S/C14H11N3OS/c1-9-12-8-19-17-11-5-3-2-4-10(11)15-14(17)16(12)7-6-13(9)18/h2-7H,8H2,1H3. The quantitative estimate of drug-likeness (QED) is 0.629. The number of imidazole rings is 1. The number of hydrogen-bond donors (Lipinski definition) is 0. The fraction of sp³-hybridized carbons (Fsp3) is 0.143. The molecule has 3 heterocycles. The van der Waals surface area contributed by atoms with Crippen LogP contribution in [0.3, 0.4) is 0 Å². The van der Waals surface area contributed by atoms with Gasteiger partial charge in [-0.05, 0) is 31.0 Å². The fourth-order valence-electron chi connectivity index (χ4n) is 2.44. The number of rotatable bonds is 0. The first-order chi connectivity index (χ1) is 9.25. The van der Waals surface area contributed by atoms with Crippen molar-refractivity contribution in [2.75, 3.05) is 0 Å². The summed E-state index contributed by atoms with van der Waals surface area (Å²) in [5.74, 6) is 1.66. The van der Waals surface area contributed by atoms with Gasteiger partial charge in [-0.15, -0.1) is 0 Å². The molecule has 0 unspecified atom stereocenters. The predicted molar refractivity (Wildman–Crippen MR) is 76.8 cm³/mol. The number of hydrogen-bond acceptors (Lipinski definition) is 3. The maximum Gasteiger partial charge on any atom is 0.225 e. The molecule has 1 aromatic carbocycles. The normalized spacial score (nSPS) is 13.3. The monoisotopic (exact) mass is 269 g/mol. The SMILES string of the molecule is Cc1c2n(ccc1=O)-c1nc3ccccc3n1SC2. The van der Waals surface area contributed by atoms with Crippen LogP contribution in [-0.2, 0) is 5.75 Å². The lowest BCUT2D eigenvalue weighted by molar-refractivity contribution is 0.855. The Morgan fingerprint density at radius 1 is 1.26 bits per heavy atom. The van der Waals surface area contributed by atoms with Gasteiger partial charge in [-0.25, -0.2) is 4.98 Å². The minimum atomic E-state index is 0.0939. The van der Waals surface area contributed by atoms with Gasteiger partial charge in [-0.3, -0.25) is 13.3 Å². The van der Waals surface area contributed by atoms with Gasteiger partial charge in [0.25, 0.3) is 0 Å². The Morgan fingerprint density at radius 2 is 2.11 bits per heavy atom. The molecule has 19 heavy (non-hydrogen) atoms. The van der Waals surface area contributed by atoms with Crippen molar-refractivity contribution >= 4 is 23.0 Å². The molecule has 0 saturated carbocycles. The summed E-state index contributed by atoms with van der Waals surface area (Å²) in [6, 6.07) is 9.70. The molecule has 0 radical (unpaired) electrons. The summed E-state index contributed by atoms with van der Waals surface area (Å²) in [4.78, 5) is 16.4. The van der Waals surface area contributed by atoms with Crippen LogP contribution in [0, 0.1) is 6.92 Å². The lowest BCUT2D eigenvalue weighted by atomic mass is 10.2. The summed E-state index contributed by atoms with van der Waals surface area (Å²) in [5, 5.41) is 0. The van der Waals surface area contributed by atoms with Crippen LogP contribution < -0.4 is 5.43 Å². The van der Waals surface area contributed by atoms with E-state index in [1.165, 1.54) is 0 Å². The first-order valence-electron chi connectivity index (χ1n) is 6.08. The second-order valence-corrected chi connectivity index (χ2v) is 5.50. The third kappa shape index (κ3) is 1.42. The highest BCUT2D eigenvalue weighted by Gasteiger charge is 2.21. The van der Waals surface area contributed by atoms with E-state index in [-0.39, 0.29) is 5.43 Å². The lowest BCUT2D eigenvalue weighted by Gasteiger charge is -2.21. The van der Waals surface area contributed by atoms with Crippen molar-refractivity contribution in [2.24, 2.45) is 0 Å². The Kier molecular flexibility index (Phi) is 2.14. The highest BCUT2D eigenvalue weighted by Crippen LogP contribution is 2.32. The third-order valence-corrected chi connectivity index (χ3v) is 4.54. The van der Waals surface area contributed by atoms with Gasteiger partial charge < -0.3 is 0 Å². The number of aromatic nitrogens is 3. The van der Waals surface area contributed by atoms with Gasteiger partial charge in [0.15, 0.2) is 5.43 Å². The summed E-state index contributed by atoms with van der Waals surface area (Å²) in [6.07, 6.45) is 1.82. The molecule has 0 bridgehead atoms. The molecule has 3 aromatic rings. The van der Waals surface area contributed by atoms with Gasteiger partial charge in [-0.2, -0.15) is 0 Å². The summed E-state index contributed by atoms with van der Waals surface area (Å²) in [6.45, 7) is 1.88. The van der Waals surface area contributed by atoms with Gasteiger partial charge in [-0.1, -0.05) is 12.1 Å². The highest BCUT2D eigenvalue weighted by atomic mass is 32.2. The molecule has 94 valence electrons. The molecule has 0 N–H and O–H groups in total. The van der Waals surface area contributed by atoms with E-state index < -0.39 is 0 Å². The molecule has 0 amide bonds. The molecule has 4 nitrogen and oxygen atoms in total. The first kappa shape index (κ1) is 10.9. The van der Waals surface area contributed by atoms with Crippen LogP contribution in [-0.4, -0.2) is 13.5 Å². The van der Waals surface area contributed by atoms with Crippen LogP contribution in [0.15, 0.2) is 41.3 Å². The Hall–Kier alpha value is -2.01. The Morgan fingerprint density at radius 3 is 3.00 bits per heavy atom.